The van der Waals surface area contributed by atoms with Crippen molar-refractivity contribution in [1.29, 1.82) is 0 Å². The number of hydrogen-bond donors (Lipinski definition) is 3. The van der Waals surface area contributed by atoms with Crippen molar-refractivity contribution in [3.63, 3.8) is 0 Å². The van der Waals surface area contributed by atoms with Crippen LogP contribution in [0.25, 0.3) is 0 Å². The van der Waals surface area contributed by atoms with E-state index in [4.69, 9.17) is 5.84 Å². The fourth-order valence-corrected chi connectivity index (χ4v) is 1.89. The maximum atomic E-state index is 5.45. The molecule has 1 atom stereocenters. The first-order valence-electron chi connectivity index (χ1n) is 4.23. The van der Waals surface area contributed by atoms with Crippen LogP contribution in [0.4, 0.5) is 0 Å². The second-order valence-electron chi connectivity index (χ2n) is 2.87. The van der Waals surface area contributed by atoms with Gasteiger partial charge in [0.2, 0.25) is 0 Å². The number of thiazole rings is 1. The molecule has 0 amide bonds. The summed E-state index contributed by atoms with van der Waals surface area (Å²) < 4.78 is 0. The van der Waals surface area contributed by atoms with Gasteiger partial charge in [0, 0.05) is 29.9 Å². The Morgan fingerprint density at radius 3 is 3.14 bits per heavy atom. The summed E-state index contributed by atoms with van der Waals surface area (Å²) in [7, 11) is 0. The van der Waals surface area contributed by atoms with Crippen LogP contribution in [0.5, 0.6) is 0 Å². The van der Waals surface area contributed by atoms with E-state index in [1.807, 2.05) is 11.7 Å². The predicted molar refractivity (Wildman–Crippen MR) is 54.5 cm³/mol. The molecule has 5 nitrogen and oxygen atoms in total. The zero-order valence-electron chi connectivity index (χ0n) is 7.47. The van der Waals surface area contributed by atoms with Gasteiger partial charge in [-0.2, -0.15) is 0 Å². The maximum absolute atomic E-state index is 5.45. The van der Waals surface area contributed by atoms with Gasteiger partial charge >= 0.3 is 0 Å². The van der Waals surface area contributed by atoms with E-state index in [9.17, 15) is 0 Å². The van der Waals surface area contributed by atoms with Crippen molar-refractivity contribution in [2.75, 3.05) is 0 Å². The van der Waals surface area contributed by atoms with Crippen LogP contribution in [-0.2, 0) is 6.42 Å². The first kappa shape index (κ1) is 9.32. The number of rotatable bonds is 4. The van der Waals surface area contributed by atoms with Crippen LogP contribution in [0.2, 0.25) is 0 Å². The van der Waals surface area contributed by atoms with E-state index >= 15 is 0 Å². The molecule has 74 valence electrons. The lowest BCUT2D eigenvalue weighted by molar-refractivity contribution is 0.530. The van der Waals surface area contributed by atoms with E-state index in [0.29, 0.717) is 0 Å². The van der Waals surface area contributed by atoms with Gasteiger partial charge in [-0.05, 0) is 0 Å². The Hall–Kier alpha value is -1.24. The summed E-state index contributed by atoms with van der Waals surface area (Å²) in [6, 6.07) is 0.0189. The van der Waals surface area contributed by atoms with Gasteiger partial charge in [-0.1, -0.05) is 0 Å². The summed E-state index contributed by atoms with van der Waals surface area (Å²) in [6.07, 6.45) is 6.14. The van der Waals surface area contributed by atoms with E-state index in [0.717, 1.165) is 12.2 Å². The molecule has 0 bridgehead atoms. The number of aromatic amines is 1. The fraction of sp³-hybridized carbons (Fsp3) is 0.250. The highest BCUT2D eigenvalue weighted by atomic mass is 32.1. The standard InChI is InChI=1S/C8H11N5S/c9-13-7(8-11-1-2-12-8)3-6-4-10-5-14-6/h1-2,4-5,7,13H,3,9H2,(H,11,12). The lowest BCUT2D eigenvalue weighted by Crippen LogP contribution is -2.30. The van der Waals surface area contributed by atoms with Gasteiger partial charge in [-0.15, -0.1) is 11.3 Å². The SMILES string of the molecule is NNC(Cc1cncs1)c1ncc[nH]1. The Bertz CT molecular complexity index is 355. The maximum Gasteiger partial charge on any atom is 0.124 e. The van der Waals surface area contributed by atoms with Gasteiger partial charge in [0.1, 0.15) is 5.82 Å². The van der Waals surface area contributed by atoms with E-state index < -0.39 is 0 Å². The molecule has 0 saturated carbocycles. The van der Waals surface area contributed by atoms with Crippen molar-refractivity contribution in [2.24, 2.45) is 5.84 Å². The molecule has 2 rings (SSSR count). The summed E-state index contributed by atoms with van der Waals surface area (Å²) in [6.45, 7) is 0. The molecule has 0 spiro atoms. The van der Waals surface area contributed by atoms with Crippen LogP contribution in [0.1, 0.15) is 16.7 Å². The van der Waals surface area contributed by atoms with Gasteiger partial charge in [-0.3, -0.25) is 10.8 Å². The van der Waals surface area contributed by atoms with Crippen molar-refractivity contribution in [3.8, 4) is 0 Å². The summed E-state index contributed by atoms with van der Waals surface area (Å²) in [4.78, 5) is 12.4. The Morgan fingerprint density at radius 2 is 2.57 bits per heavy atom. The predicted octanol–water partition coefficient (Wildman–Crippen LogP) is 0.613. The summed E-state index contributed by atoms with van der Waals surface area (Å²) in [5.41, 5.74) is 4.54. The zero-order chi connectivity index (χ0) is 9.80. The molecule has 0 aliphatic rings. The molecule has 4 N–H and O–H groups in total. The smallest absolute Gasteiger partial charge is 0.124 e. The molecule has 0 aliphatic carbocycles. The Balaban J connectivity index is 2.08. The van der Waals surface area contributed by atoms with Gasteiger partial charge in [0.25, 0.3) is 0 Å². The third-order valence-electron chi connectivity index (χ3n) is 1.94. The van der Waals surface area contributed by atoms with Crippen LogP contribution in [0, 0.1) is 0 Å². The van der Waals surface area contributed by atoms with Crippen molar-refractivity contribution < 1.29 is 0 Å². The number of nitrogens with one attached hydrogen (secondary N) is 2. The Kier molecular flexibility index (Phi) is 2.87. The molecule has 6 heteroatoms. The second kappa shape index (κ2) is 4.32. The first-order chi connectivity index (χ1) is 6.90. The molecule has 2 aromatic rings. The van der Waals surface area contributed by atoms with Crippen LogP contribution in [-0.4, -0.2) is 15.0 Å². The van der Waals surface area contributed by atoms with E-state index in [-0.39, 0.29) is 6.04 Å². The average molecular weight is 209 g/mol. The van der Waals surface area contributed by atoms with E-state index in [1.54, 1.807) is 23.7 Å². The van der Waals surface area contributed by atoms with Gasteiger partial charge in [0.15, 0.2) is 0 Å². The minimum absolute atomic E-state index is 0.0189. The summed E-state index contributed by atoms with van der Waals surface area (Å²) in [5, 5.41) is 0. The third kappa shape index (κ3) is 1.98. The average Bonchev–Trinajstić information content (AvgIpc) is 2.86. The van der Waals surface area contributed by atoms with Crippen molar-refractivity contribution >= 4 is 11.3 Å². The number of nitrogens with two attached hydrogens (primary N) is 1. The molecular weight excluding hydrogens is 198 g/mol. The van der Waals surface area contributed by atoms with Crippen LogP contribution in [0.3, 0.4) is 0 Å². The minimum Gasteiger partial charge on any atom is -0.347 e. The number of imidazole rings is 1. The molecule has 14 heavy (non-hydrogen) atoms. The highest BCUT2D eigenvalue weighted by molar-refractivity contribution is 7.09. The number of H-pyrrole nitrogens is 1. The number of nitrogens with zero attached hydrogens (tertiary/aromatic N) is 2. The lowest BCUT2D eigenvalue weighted by Gasteiger charge is -2.11. The Morgan fingerprint density at radius 1 is 1.64 bits per heavy atom. The summed E-state index contributed by atoms with van der Waals surface area (Å²) in [5.74, 6) is 6.30. The third-order valence-corrected chi connectivity index (χ3v) is 2.74. The molecule has 2 heterocycles. The van der Waals surface area contributed by atoms with Crippen molar-refractivity contribution in [3.05, 3.63) is 34.8 Å². The molecule has 0 radical (unpaired) electrons. The second-order valence-corrected chi connectivity index (χ2v) is 3.84. The van der Waals surface area contributed by atoms with Crippen molar-refractivity contribution in [2.45, 2.75) is 12.5 Å². The quantitative estimate of drug-likeness (QED) is 0.509. The Labute approximate surface area is 85.4 Å². The first-order valence-corrected chi connectivity index (χ1v) is 5.11. The normalized spacial score (nSPS) is 12.9. The molecule has 0 aliphatic heterocycles. The number of hydrazine groups is 1. The highest BCUT2D eigenvalue weighted by Crippen LogP contribution is 2.16. The summed E-state index contributed by atoms with van der Waals surface area (Å²) >= 11 is 1.62. The van der Waals surface area contributed by atoms with Gasteiger partial charge in [-0.25, -0.2) is 10.4 Å². The van der Waals surface area contributed by atoms with Crippen LogP contribution < -0.4 is 11.3 Å². The van der Waals surface area contributed by atoms with Crippen molar-refractivity contribution in [1.82, 2.24) is 20.4 Å². The van der Waals surface area contributed by atoms with E-state index in [1.165, 1.54) is 4.88 Å². The monoisotopic (exact) mass is 209 g/mol. The van der Waals surface area contributed by atoms with Gasteiger partial charge < -0.3 is 4.98 Å². The molecule has 1 unspecified atom stereocenters. The minimum atomic E-state index is 0.0189. The lowest BCUT2D eigenvalue weighted by atomic mass is 10.2. The molecular formula is C8H11N5S. The largest absolute Gasteiger partial charge is 0.347 e. The number of hydrogen-bond acceptors (Lipinski definition) is 5. The van der Waals surface area contributed by atoms with Gasteiger partial charge in [0.05, 0.1) is 11.6 Å². The number of aromatic nitrogens is 3. The van der Waals surface area contributed by atoms with Crippen LogP contribution >= 0.6 is 11.3 Å². The molecule has 0 saturated heterocycles. The zero-order valence-corrected chi connectivity index (χ0v) is 8.29. The molecule has 0 fully saturated rings. The fourth-order valence-electron chi connectivity index (χ4n) is 1.25. The molecule has 2 aromatic heterocycles. The highest BCUT2D eigenvalue weighted by Gasteiger charge is 2.13. The van der Waals surface area contributed by atoms with Crippen LogP contribution in [0.15, 0.2) is 24.1 Å². The van der Waals surface area contributed by atoms with E-state index in [2.05, 4.69) is 20.4 Å². The molecule has 0 aromatic carbocycles. The topological polar surface area (TPSA) is 79.6 Å².